The number of carbonyl (C=O) groups excluding carboxylic acids is 1. The maximum atomic E-state index is 12.1. The Labute approximate surface area is 120 Å². The Morgan fingerprint density at radius 3 is 2.70 bits per heavy atom. The Morgan fingerprint density at radius 1 is 1.30 bits per heavy atom. The minimum Gasteiger partial charge on any atom is -0.491 e. The van der Waals surface area contributed by atoms with Gasteiger partial charge in [0, 0.05) is 13.1 Å². The lowest BCUT2D eigenvalue weighted by Gasteiger charge is -2.31. The molecule has 2 N–H and O–H groups in total. The highest BCUT2D eigenvalue weighted by molar-refractivity contribution is 5.76. The van der Waals surface area contributed by atoms with Gasteiger partial charge in [0.05, 0.1) is 18.7 Å². The summed E-state index contributed by atoms with van der Waals surface area (Å²) in [6, 6.07) is 7.78. The molecule has 20 heavy (non-hydrogen) atoms. The Kier molecular flexibility index (Phi) is 5.27. The number of rotatable bonds is 5. The number of para-hydroxylation sites is 2. The molecule has 110 valence electrons. The molecule has 0 aliphatic heterocycles. The van der Waals surface area contributed by atoms with Crippen LogP contribution in [0.25, 0.3) is 0 Å². The van der Waals surface area contributed by atoms with Crippen LogP contribution >= 0.6 is 0 Å². The van der Waals surface area contributed by atoms with Crippen molar-refractivity contribution in [2.45, 2.75) is 44.6 Å². The van der Waals surface area contributed by atoms with Crippen molar-refractivity contribution < 1.29 is 9.53 Å². The fraction of sp³-hybridized carbons (Fsp3) is 0.562. The fourth-order valence-corrected chi connectivity index (χ4v) is 2.71. The summed E-state index contributed by atoms with van der Waals surface area (Å²) in [6.07, 6.45) is 6.44. The molecule has 1 aliphatic carbocycles. The van der Waals surface area contributed by atoms with E-state index >= 15 is 0 Å². The van der Waals surface area contributed by atoms with Crippen LogP contribution in [0.4, 0.5) is 5.69 Å². The number of hydrogen-bond acceptors (Lipinski definition) is 3. The first-order valence-electron chi connectivity index (χ1n) is 7.41. The monoisotopic (exact) mass is 276 g/mol. The lowest BCUT2D eigenvalue weighted by Crippen LogP contribution is -2.38. The summed E-state index contributed by atoms with van der Waals surface area (Å²) >= 11 is 0. The Bertz CT molecular complexity index is 442. The van der Waals surface area contributed by atoms with Gasteiger partial charge in [0.1, 0.15) is 5.75 Å². The van der Waals surface area contributed by atoms with Crippen LogP contribution in [-0.2, 0) is 4.79 Å². The van der Waals surface area contributed by atoms with E-state index in [1.807, 2.05) is 30.1 Å². The highest BCUT2D eigenvalue weighted by Gasteiger charge is 2.21. The van der Waals surface area contributed by atoms with E-state index < -0.39 is 0 Å². The minimum atomic E-state index is 0.159. The van der Waals surface area contributed by atoms with Crippen molar-refractivity contribution in [3.8, 4) is 5.75 Å². The van der Waals surface area contributed by atoms with Crippen LogP contribution in [0.5, 0.6) is 5.75 Å². The number of hydrogen-bond donors (Lipinski definition) is 1. The van der Waals surface area contributed by atoms with Crippen molar-refractivity contribution >= 4 is 11.6 Å². The van der Waals surface area contributed by atoms with Crippen LogP contribution in [0.15, 0.2) is 24.3 Å². The summed E-state index contributed by atoms with van der Waals surface area (Å²) < 4.78 is 5.57. The van der Waals surface area contributed by atoms with Gasteiger partial charge in [0.2, 0.25) is 5.91 Å². The molecule has 1 amide bonds. The van der Waals surface area contributed by atoms with Gasteiger partial charge in [-0.3, -0.25) is 4.79 Å². The Morgan fingerprint density at radius 2 is 2.00 bits per heavy atom. The molecule has 4 nitrogen and oxygen atoms in total. The van der Waals surface area contributed by atoms with Crippen LogP contribution in [-0.4, -0.2) is 30.5 Å². The average Bonchev–Trinajstić information content (AvgIpc) is 2.49. The largest absolute Gasteiger partial charge is 0.491 e. The van der Waals surface area contributed by atoms with E-state index in [-0.39, 0.29) is 5.91 Å². The molecular weight excluding hydrogens is 252 g/mol. The molecule has 0 unspecified atom stereocenters. The minimum absolute atomic E-state index is 0.159. The molecule has 1 aromatic carbocycles. The lowest BCUT2D eigenvalue weighted by atomic mass is 9.94. The molecule has 0 spiro atoms. The average molecular weight is 276 g/mol. The summed E-state index contributed by atoms with van der Waals surface area (Å²) in [5.74, 6) is 0.812. The van der Waals surface area contributed by atoms with Gasteiger partial charge in [-0.2, -0.15) is 0 Å². The van der Waals surface area contributed by atoms with Crippen molar-refractivity contribution in [1.82, 2.24) is 4.90 Å². The first-order chi connectivity index (χ1) is 9.68. The van der Waals surface area contributed by atoms with Gasteiger partial charge in [-0.25, -0.2) is 0 Å². The maximum Gasteiger partial charge on any atom is 0.225 e. The molecule has 1 aromatic rings. The second-order valence-corrected chi connectivity index (χ2v) is 5.43. The van der Waals surface area contributed by atoms with Crippen molar-refractivity contribution in [1.29, 1.82) is 0 Å². The lowest BCUT2D eigenvalue weighted by molar-refractivity contribution is -0.133. The van der Waals surface area contributed by atoms with E-state index in [0.29, 0.717) is 30.5 Å². The molecule has 4 heteroatoms. The molecular formula is C16H24N2O2. The van der Waals surface area contributed by atoms with Gasteiger partial charge in [-0.15, -0.1) is 0 Å². The molecule has 0 aromatic heterocycles. The molecule has 0 saturated heterocycles. The molecule has 2 rings (SSSR count). The third-order valence-corrected chi connectivity index (χ3v) is 4.01. The topological polar surface area (TPSA) is 55.6 Å². The molecule has 0 radical (unpaired) electrons. The standard InChI is InChI=1S/C16H24N2O2/c1-18(13-7-3-2-4-8-13)16(19)11-12-20-15-10-6-5-9-14(15)17/h5-6,9-10,13H,2-4,7-8,11-12,17H2,1H3. The van der Waals surface area contributed by atoms with Crippen molar-refractivity contribution in [2.24, 2.45) is 0 Å². The third kappa shape index (κ3) is 3.89. The van der Waals surface area contributed by atoms with Crippen molar-refractivity contribution in [2.75, 3.05) is 19.4 Å². The molecule has 0 atom stereocenters. The van der Waals surface area contributed by atoms with Gasteiger partial charge < -0.3 is 15.4 Å². The van der Waals surface area contributed by atoms with Crippen LogP contribution in [0.3, 0.4) is 0 Å². The van der Waals surface area contributed by atoms with E-state index in [4.69, 9.17) is 10.5 Å². The van der Waals surface area contributed by atoms with Gasteiger partial charge in [0.15, 0.2) is 0 Å². The second kappa shape index (κ2) is 7.17. The Balaban J connectivity index is 1.76. The molecule has 1 aliphatic rings. The zero-order valence-electron chi connectivity index (χ0n) is 12.2. The number of nitrogens with zero attached hydrogens (tertiary/aromatic N) is 1. The summed E-state index contributed by atoms with van der Waals surface area (Å²) in [7, 11) is 1.91. The predicted octanol–water partition coefficient (Wildman–Crippen LogP) is 2.83. The first-order valence-corrected chi connectivity index (χ1v) is 7.41. The summed E-state index contributed by atoms with van der Waals surface area (Å²) in [4.78, 5) is 14.0. The van der Waals surface area contributed by atoms with Gasteiger partial charge in [-0.1, -0.05) is 31.4 Å². The zero-order chi connectivity index (χ0) is 14.4. The summed E-state index contributed by atoms with van der Waals surface area (Å²) in [6.45, 7) is 0.379. The number of carbonyl (C=O) groups is 1. The van der Waals surface area contributed by atoms with E-state index in [0.717, 1.165) is 12.8 Å². The number of nitrogen functional groups attached to an aromatic ring is 1. The third-order valence-electron chi connectivity index (χ3n) is 4.01. The maximum absolute atomic E-state index is 12.1. The van der Waals surface area contributed by atoms with E-state index in [1.54, 1.807) is 6.07 Å². The van der Waals surface area contributed by atoms with Crippen LogP contribution in [0, 0.1) is 0 Å². The van der Waals surface area contributed by atoms with Gasteiger partial charge in [-0.05, 0) is 25.0 Å². The number of nitrogens with two attached hydrogens (primary N) is 1. The highest BCUT2D eigenvalue weighted by atomic mass is 16.5. The number of anilines is 1. The molecule has 0 heterocycles. The number of ether oxygens (including phenoxy) is 1. The number of benzene rings is 1. The second-order valence-electron chi connectivity index (χ2n) is 5.43. The first kappa shape index (κ1) is 14.7. The molecule has 1 saturated carbocycles. The van der Waals surface area contributed by atoms with E-state index in [1.165, 1.54) is 19.3 Å². The van der Waals surface area contributed by atoms with Crippen LogP contribution < -0.4 is 10.5 Å². The normalized spacial score (nSPS) is 15.8. The summed E-state index contributed by atoms with van der Waals surface area (Å²) in [5.41, 5.74) is 6.41. The summed E-state index contributed by atoms with van der Waals surface area (Å²) in [5, 5.41) is 0. The predicted molar refractivity (Wildman–Crippen MR) is 80.6 cm³/mol. The SMILES string of the molecule is CN(C(=O)CCOc1ccccc1N)C1CCCCC1. The van der Waals surface area contributed by atoms with Gasteiger partial charge >= 0.3 is 0 Å². The Hall–Kier alpha value is -1.71. The molecule has 1 fully saturated rings. The van der Waals surface area contributed by atoms with Gasteiger partial charge in [0.25, 0.3) is 0 Å². The van der Waals surface area contributed by atoms with Crippen LogP contribution in [0.2, 0.25) is 0 Å². The van der Waals surface area contributed by atoms with Crippen molar-refractivity contribution in [3.63, 3.8) is 0 Å². The fourth-order valence-electron chi connectivity index (χ4n) is 2.71. The number of amides is 1. The van der Waals surface area contributed by atoms with E-state index in [2.05, 4.69) is 0 Å². The van der Waals surface area contributed by atoms with Crippen LogP contribution in [0.1, 0.15) is 38.5 Å². The highest BCUT2D eigenvalue weighted by Crippen LogP contribution is 2.22. The quantitative estimate of drug-likeness (QED) is 0.841. The zero-order valence-corrected chi connectivity index (χ0v) is 12.2. The molecule has 0 bridgehead atoms. The van der Waals surface area contributed by atoms with E-state index in [9.17, 15) is 4.79 Å². The van der Waals surface area contributed by atoms with Crippen molar-refractivity contribution in [3.05, 3.63) is 24.3 Å². The smallest absolute Gasteiger partial charge is 0.225 e.